The molecule has 0 saturated carbocycles. The zero-order valence-corrected chi connectivity index (χ0v) is 12.3. The Labute approximate surface area is 121 Å². The number of fused-ring (bicyclic) bond motifs is 1. The average molecular weight is 293 g/mol. The molecule has 1 aliphatic heterocycles. The van der Waals surface area contributed by atoms with Gasteiger partial charge >= 0.3 is 5.69 Å². The molecule has 2 aromatic rings. The van der Waals surface area contributed by atoms with Crippen LogP contribution in [0.3, 0.4) is 0 Å². The van der Waals surface area contributed by atoms with Crippen LogP contribution in [-0.4, -0.2) is 56.1 Å². The van der Waals surface area contributed by atoms with Gasteiger partial charge in [0.05, 0.1) is 18.3 Å². The molecule has 3 rings (SSSR count). The predicted octanol–water partition coefficient (Wildman–Crippen LogP) is -0.298. The molecule has 0 spiro atoms. The minimum absolute atomic E-state index is 0.0387. The van der Waals surface area contributed by atoms with E-state index in [2.05, 4.69) is 20.1 Å². The lowest BCUT2D eigenvalue weighted by molar-refractivity contribution is -0.101. The fraction of sp³-hybridized carbons (Fsp3) is 0.615. The number of aliphatic hydroxyl groups is 1. The lowest BCUT2D eigenvalue weighted by atomic mass is 10.1. The van der Waals surface area contributed by atoms with Gasteiger partial charge in [0.15, 0.2) is 5.65 Å². The summed E-state index contributed by atoms with van der Waals surface area (Å²) in [4.78, 5) is 18.2. The molecule has 0 radical (unpaired) electrons. The third-order valence-corrected chi connectivity index (χ3v) is 3.57. The van der Waals surface area contributed by atoms with E-state index in [1.165, 1.54) is 4.40 Å². The largest absolute Gasteiger partial charge is 0.394 e. The Morgan fingerprint density at radius 1 is 1.57 bits per heavy atom. The van der Waals surface area contributed by atoms with E-state index in [4.69, 9.17) is 4.74 Å². The Balaban J connectivity index is 2.01. The molecule has 2 aromatic heterocycles. The number of morpholine rings is 1. The van der Waals surface area contributed by atoms with Gasteiger partial charge in [-0.3, -0.25) is 0 Å². The van der Waals surface area contributed by atoms with Crippen LogP contribution in [0.4, 0.5) is 5.82 Å². The Hall–Kier alpha value is -1.93. The van der Waals surface area contributed by atoms with Crippen LogP contribution in [0.1, 0.15) is 19.7 Å². The maximum atomic E-state index is 11.6. The van der Waals surface area contributed by atoms with Crippen molar-refractivity contribution in [3.63, 3.8) is 0 Å². The molecule has 1 atom stereocenters. The molecule has 1 fully saturated rings. The van der Waals surface area contributed by atoms with Crippen molar-refractivity contribution in [2.45, 2.75) is 32.5 Å². The molecule has 0 aromatic carbocycles. The molecular weight excluding hydrogens is 274 g/mol. The first kappa shape index (κ1) is 14.0. The normalized spacial score (nSPS) is 21.9. The lowest BCUT2D eigenvalue weighted by Gasteiger charge is -2.42. The Kier molecular flexibility index (Phi) is 3.22. The number of aliphatic hydroxyl groups excluding tert-OH is 1. The number of aromatic nitrogens is 4. The number of ether oxygens (including phenoxy) is 1. The minimum Gasteiger partial charge on any atom is -0.394 e. The van der Waals surface area contributed by atoms with Gasteiger partial charge in [0.2, 0.25) is 0 Å². The summed E-state index contributed by atoms with van der Waals surface area (Å²) >= 11 is 0. The summed E-state index contributed by atoms with van der Waals surface area (Å²) in [7, 11) is 0. The van der Waals surface area contributed by atoms with Gasteiger partial charge in [-0.25, -0.2) is 19.3 Å². The van der Waals surface area contributed by atoms with Crippen molar-refractivity contribution in [2.75, 3.05) is 24.6 Å². The van der Waals surface area contributed by atoms with E-state index in [0.29, 0.717) is 24.6 Å². The maximum absolute atomic E-state index is 11.6. The van der Waals surface area contributed by atoms with E-state index in [0.717, 1.165) is 5.82 Å². The number of aromatic amines is 1. The summed E-state index contributed by atoms with van der Waals surface area (Å²) < 4.78 is 7.23. The second-order valence-corrected chi connectivity index (χ2v) is 5.95. The van der Waals surface area contributed by atoms with Crippen molar-refractivity contribution in [1.29, 1.82) is 0 Å². The van der Waals surface area contributed by atoms with Crippen molar-refractivity contribution in [3.8, 4) is 0 Å². The standard InChI is InChI=1S/C13H19N5O3/c1-8-14-10(4-11-15-16-12(20)18(8)11)17-5-9(6-19)21-13(2,3)7-17/h4,9,19H,5-7H2,1-3H3,(H,16,20). The Morgan fingerprint density at radius 3 is 3.05 bits per heavy atom. The molecule has 8 nitrogen and oxygen atoms in total. The summed E-state index contributed by atoms with van der Waals surface area (Å²) in [5.74, 6) is 1.31. The zero-order valence-electron chi connectivity index (χ0n) is 12.3. The number of nitrogens with one attached hydrogen (secondary N) is 1. The van der Waals surface area contributed by atoms with Crippen LogP contribution in [0, 0.1) is 6.92 Å². The fourth-order valence-corrected chi connectivity index (χ4v) is 2.81. The highest BCUT2D eigenvalue weighted by Gasteiger charge is 2.34. The summed E-state index contributed by atoms with van der Waals surface area (Å²) in [5.41, 5.74) is -0.136. The molecule has 0 bridgehead atoms. The number of rotatable bonds is 2. The number of H-pyrrole nitrogens is 1. The van der Waals surface area contributed by atoms with Gasteiger partial charge in [-0.15, -0.1) is 0 Å². The fourth-order valence-electron chi connectivity index (χ4n) is 2.81. The van der Waals surface area contributed by atoms with Crippen LogP contribution in [0.5, 0.6) is 0 Å². The summed E-state index contributed by atoms with van der Waals surface area (Å²) in [6.45, 7) is 6.89. The van der Waals surface area contributed by atoms with Gasteiger partial charge in [-0.1, -0.05) is 0 Å². The van der Waals surface area contributed by atoms with Crippen molar-refractivity contribution in [2.24, 2.45) is 0 Å². The number of nitrogens with zero attached hydrogens (tertiary/aromatic N) is 4. The Bertz CT molecular complexity index is 720. The van der Waals surface area contributed by atoms with Gasteiger partial charge in [0.25, 0.3) is 0 Å². The van der Waals surface area contributed by atoms with Gasteiger partial charge in [-0.05, 0) is 20.8 Å². The molecule has 21 heavy (non-hydrogen) atoms. The molecule has 1 aliphatic rings. The van der Waals surface area contributed by atoms with E-state index in [1.807, 2.05) is 13.8 Å². The van der Waals surface area contributed by atoms with Gasteiger partial charge in [0.1, 0.15) is 11.6 Å². The highest BCUT2D eigenvalue weighted by Crippen LogP contribution is 2.25. The lowest BCUT2D eigenvalue weighted by Crippen LogP contribution is -2.54. The first-order valence-electron chi connectivity index (χ1n) is 6.88. The third-order valence-electron chi connectivity index (χ3n) is 3.57. The zero-order chi connectivity index (χ0) is 15.2. The van der Waals surface area contributed by atoms with Crippen LogP contribution in [0.2, 0.25) is 0 Å². The van der Waals surface area contributed by atoms with Crippen LogP contribution >= 0.6 is 0 Å². The van der Waals surface area contributed by atoms with Crippen molar-refractivity contribution in [1.82, 2.24) is 19.6 Å². The van der Waals surface area contributed by atoms with Crippen molar-refractivity contribution >= 4 is 11.5 Å². The highest BCUT2D eigenvalue weighted by molar-refractivity contribution is 5.52. The molecule has 1 saturated heterocycles. The van der Waals surface area contributed by atoms with Crippen LogP contribution in [0.15, 0.2) is 10.9 Å². The Morgan fingerprint density at radius 2 is 2.33 bits per heavy atom. The number of aryl methyl sites for hydroxylation is 1. The van der Waals surface area contributed by atoms with Crippen molar-refractivity contribution < 1.29 is 9.84 Å². The highest BCUT2D eigenvalue weighted by atomic mass is 16.5. The van der Waals surface area contributed by atoms with E-state index < -0.39 is 0 Å². The van der Waals surface area contributed by atoms with Crippen molar-refractivity contribution in [3.05, 3.63) is 22.4 Å². The third kappa shape index (κ3) is 2.52. The van der Waals surface area contributed by atoms with Gasteiger partial charge in [-0.2, -0.15) is 5.10 Å². The quantitative estimate of drug-likeness (QED) is 0.789. The van der Waals surface area contributed by atoms with Gasteiger partial charge < -0.3 is 14.7 Å². The second kappa shape index (κ2) is 4.81. The van der Waals surface area contributed by atoms with E-state index >= 15 is 0 Å². The summed E-state index contributed by atoms with van der Waals surface area (Å²) in [6.07, 6.45) is -0.256. The minimum atomic E-state index is -0.376. The van der Waals surface area contributed by atoms with E-state index in [9.17, 15) is 9.90 Å². The molecule has 114 valence electrons. The predicted molar refractivity (Wildman–Crippen MR) is 76.6 cm³/mol. The molecule has 1 unspecified atom stereocenters. The number of anilines is 1. The second-order valence-electron chi connectivity index (χ2n) is 5.95. The topological polar surface area (TPSA) is 95.8 Å². The van der Waals surface area contributed by atoms with E-state index in [-0.39, 0.29) is 24.0 Å². The van der Waals surface area contributed by atoms with E-state index in [1.54, 1.807) is 13.0 Å². The first-order valence-corrected chi connectivity index (χ1v) is 6.88. The summed E-state index contributed by atoms with van der Waals surface area (Å²) in [6, 6.07) is 1.76. The molecule has 0 aliphatic carbocycles. The van der Waals surface area contributed by atoms with Gasteiger partial charge in [0, 0.05) is 19.2 Å². The summed E-state index contributed by atoms with van der Waals surface area (Å²) in [5, 5.41) is 15.8. The number of hydrogen-bond acceptors (Lipinski definition) is 6. The molecule has 0 amide bonds. The molecule has 2 N–H and O–H groups in total. The van der Waals surface area contributed by atoms with Crippen LogP contribution in [0.25, 0.3) is 5.65 Å². The van der Waals surface area contributed by atoms with Crippen LogP contribution in [-0.2, 0) is 4.74 Å². The molecule has 3 heterocycles. The number of hydrogen-bond donors (Lipinski definition) is 2. The van der Waals surface area contributed by atoms with Crippen LogP contribution < -0.4 is 10.6 Å². The molecule has 8 heteroatoms. The SMILES string of the molecule is Cc1nc(N2CC(CO)OC(C)(C)C2)cc2n[nH]c(=O)n12. The maximum Gasteiger partial charge on any atom is 0.349 e. The first-order chi connectivity index (χ1) is 9.89. The molecular formula is C13H19N5O3. The monoisotopic (exact) mass is 293 g/mol. The average Bonchev–Trinajstić information content (AvgIpc) is 2.79. The smallest absolute Gasteiger partial charge is 0.349 e.